The molecule has 0 fully saturated rings. The lowest BCUT2D eigenvalue weighted by Gasteiger charge is -1.99. The standard InChI is InChI=1S/C12H13N2O.ClH/c15-10-9-14-7-3-12(4-8-14)11-1-5-13-6-2-11;/h1-8,15H,9-10H2;1H/q+1;/p-1. The summed E-state index contributed by atoms with van der Waals surface area (Å²) >= 11 is 0. The van der Waals surface area contributed by atoms with Crippen LogP contribution in [0.1, 0.15) is 0 Å². The van der Waals surface area contributed by atoms with Crippen molar-refractivity contribution in [3.05, 3.63) is 49.1 Å². The number of aliphatic hydroxyl groups excluding tert-OH is 1. The third-order valence-corrected chi connectivity index (χ3v) is 2.26. The van der Waals surface area contributed by atoms with Gasteiger partial charge in [-0.3, -0.25) is 4.98 Å². The van der Waals surface area contributed by atoms with E-state index in [2.05, 4.69) is 4.98 Å². The van der Waals surface area contributed by atoms with Gasteiger partial charge >= 0.3 is 0 Å². The van der Waals surface area contributed by atoms with Gasteiger partial charge in [-0.25, -0.2) is 4.57 Å². The fourth-order valence-electron chi connectivity index (χ4n) is 1.46. The van der Waals surface area contributed by atoms with E-state index in [0.29, 0.717) is 6.54 Å². The highest BCUT2D eigenvalue weighted by atomic mass is 35.5. The molecule has 0 bridgehead atoms. The van der Waals surface area contributed by atoms with Crippen LogP contribution in [0.4, 0.5) is 0 Å². The van der Waals surface area contributed by atoms with Crippen molar-refractivity contribution >= 4 is 0 Å². The second kappa shape index (κ2) is 6.20. The molecule has 16 heavy (non-hydrogen) atoms. The van der Waals surface area contributed by atoms with Gasteiger partial charge in [-0.05, 0) is 23.3 Å². The molecule has 2 heterocycles. The lowest BCUT2D eigenvalue weighted by molar-refractivity contribution is -0.698. The van der Waals surface area contributed by atoms with E-state index in [1.54, 1.807) is 12.4 Å². The minimum Gasteiger partial charge on any atom is -1.00 e. The van der Waals surface area contributed by atoms with Crippen molar-refractivity contribution < 1.29 is 22.1 Å². The van der Waals surface area contributed by atoms with E-state index in [1.165, 1.54) is 0 Å². The molecule has 2 aromatic rings. The van der Waals surface area contributed by atoms with E-state index >= 15 is 0 Å². The first-order chi connectivity index (χ1) is 7.40. The highest BCUT2D eigenvalue weighted by Gasteiger charge is 2.01. The molecular formula is C12H13ClN2O. The van der Waals surface area contributed by atoms with Crippen molar-refractivity contribution in [2.45, 2.75) is 6.54 Å². The Labute approximate surface area is 101 Å². The average Bonchev–Trinajstić information content (AvgIpc) is 2.32. The number of hydrogen-bond donors (Lipinski definition) is 1. The summed E-state index contributed by atoms with van der Waals surface area (Å²) in [5, 5.41) is 8.78. The second-order valence-electron chi connectivity index (χ2n) is 3.28. The first kappa shape index (κ1) is 12.6. The first-order valence-electron chi connectivity index (χ1n) is 4.90. The molecule has 0 spiro atoms. The van der Waals surface area contributed by atoms with Crippen LogP contribution < -0.4 is 17.0 Å². The summed E-state index contributed by atoms with van der Waals surface area (Å²) < 4.78 is 1.95. The summed E-state index contributed by atoms with van der Waals surface area (Å²) in [6, 6.07) is 8.02. The van der Waals surface area contributed by atoms with Gasteiger partial charge in [-0.15, -0.1) is 0 Å². The summed E-state index contributed by atoms with van der Waals surface area (Å²) in [6.45, 7) is 0.801. The van der Waals surface area contributed by atoms with E-state index in [9.17, 15) is 0 Å². The number of aromatic nitrogens is 2. The van der Waals surface area contributed by atoms with Crippen molar-refractivity contribution in [1.82, 2.24) is 4.98 Å². The molecule has 0 aliphatic rings. The lowest BCUT2D eigenvalue weighted by Crippen LogP contribution is -3.00. The fraction of sp³-hybridized carbons (Fsp3) is 0.167. The Morgan fingerprint density at radius 1 is 1.00 bits per heavy atom. The predicted molar refractivity (Wildman–Crippen MR) is 57.0 cm³/mol. The van der Waals surface area contributed by atoms with Crippen molar-refractivity contribution in [1.29, 1.82) is 0 Å². The summed E-state index contributed by atoms with van der Waals surface area (Å²) in [7, 11) is 0. The van der Waals surface area contributed by atoms with Gasteiger partial charge in [0.05, 0.1) is 0 Å². The van der Waals surface area contributed by atoms with Gasteiger partial charge in [0.15, 0.2) is 18.9 Å². The van der Waals surface area contributed by atoms with Crippen LogP contribution in [-0.2, 0) is 6.54 Å². The summed E-state index contributed by atoms with van der Waals surface area (Å²) in [6.07, 6.45) is 7.49. The highest BCUT2D eigenvalue weighted by molar-refractivity contribution is 5.61. The van der Waals surface area contributed by atoms with Gasteiger partial charge in [0.2, 0.25) is 0 Å². The summed E-state index contributed by atoms with van der Waals surface area (Å²) in [5.74, 6) is 0. The van der Waals surface area contributed by atoms with Gasteiger partial charge in [-0.2, -0.15) is 0 Å². The Morgan fingerprint density at radius 2 is 1.56 bits per heavy atom. The van der Waals surface area contributed by atoms with E-state index < -0.39 is 0 Å². The number of aliphatic hydroxyl groups is 1. The molecule has 0 saturated heterocycles. The molecule has 0 aliphatic heterocycles. The number of rotatable bonds is 3. The molecule has 3 nitrogen and oxygen atoms in total. The van der Waals surface area contributed by atoms with Gasteiger partial charge in [0, 0.05) is 24.5 Å². The zero-order valence-corrected chi connectivity index (χ0v) is 9.51. The van der Waals surface area contributed by atoms with Crippen molar-refractivity contribution in [3.8, 4) is 11.1 Å². The van der Waals surface area contributed by atoms with Crippen LogP contribution in [0.15, 0.2) is 49.1 Å². The molecule has 84 valence electrons. The van der Waals surface area contributed by atoms with Crippen LogP contribution in [0.3, 0.4) is 0 Å². The maximum atomic E-state index is 8.78. The average molecular weight is 237 g/mol. The molecule has 2 aromatic heterocycles. The smallest absolute Gasteiger partial charge is 0.171 e. The van der Waals surface area contributed by atoms with E-state index in [-0.39, 0.29) is 19.0 Å². The minimum absolute atomic E-state index is 0. The van der Waals surface area contributed by atoms with Crippen LogP contribution in [0, 0.1) is 0 Å². The Balaban J connectivity index is 0.00000128. The molecule has 0 radical (unpaired) electrons. The molecule has 1 N–H and O–H groups in total. The molecule has 0 saturated carbocycles. The largest absolute Gasteiger partial charge is 1.00 e. The van der Waals surface area contributed by atoms with Crippen molar-refractivity contribution in [2.75, 3.05) is 6.61 Å². The van der Waals surface area contributed by atoms with Gasteiger partial charge < -0.3 is 17.5 Å². The van der Waals surface area contributed by atoms with Crippen LogP contribution >= 0.6 is 0 Å². The van der Waals surface area contributed by atoms with Crippen LogP contribution in [0.25, 0.3) is 11.1 Å². The molecule has 0 unspecified atom stereocenters. The van der Waals surface area contributed by atoms with Crippen LogP contribution in [-0.4, -0.2) is 16.7 Å². The number of pyridine rings is 2. The van der Waals surface area contributed by atoms with Crippen molar-refractivity contribution in [3.63, 3.8) is 0 Å². The van der Waals surface area contributed by atoms with Gasteiger partial charge in [-0.1, -0.05) is 0 Å². The Morgan fingerprint density at radius 3 is 2.12 bits per heavy atom. The predicted octanol–water partition coefficient (Wildman–Crippen LogP) is -1.97. The first-order valence-corrected chi connectivity index (χ1v) is 4.90. The van der Waals surface area contributed by atoms with E-state index in [0.717, 1.165) is 11.1 Å². The topological polar surface area (TPSA) is 37.0 Å². The minimum atomic E-state index is 0. The zero-order chi connectivity index (χ0) is 10.5. The van der Waals surface area contributed by atoms with E-state index in [4.69, 9.17) is 5.11 Å². The van der Waals surface area contributed by atoms with Crippen molar-refractivity contribution in [2.24, 2.45) is 0 Å². The number of hydrogen-bond acceptors (Lipinski definition) is 2. The SMILES string of the molecule is OCC[n+]1ccc(-c2ccncc2)cc1.[Cl-]. The quantitative estimate of drug-likeness (QED) is 0.628. The molecular weight excluding hydrogens is 224 g/mol. The monoisotopic (exact) mass is 236 g/mol. The molecule has 0 amide bonds. The molecule has 0 aromatic carbocycles. The third-order valence-electron chi connectivity index (χ3n) is 2.26. The fourth-order valence-corrected chi connectivity index (χ4v) is 1.46. The molecule has 0 atom stereocenters. The zero-order valence-electron chi connectivity index (χ0n) is 8.75. The maximum Gasteiger partial charge on any atom is 0.171 e. The molecule has 4 heteroatoms. The Hall–Kier alpha value is -1.45. The number of nitrogens with zero attached hydrogens (tertiary/aromatic N) is 2. The normalized spacial score (nSPS) is 9.56. The maximum absolute atomic E-state index is 8.78. The Kier molecular flexibility index (Phi) is 4.89. The summed E-state index contributed by atoms with van der Waals surface area (Å²) in [5.41, 5.74) is 2.31. The van der Waals surface area contributed by atoms with Crippen LogP contribution in [0.5, 0.6) is 0 Å². The van der Waals surface area contributed by atoms with Crippen LogP contribution in [0.2, 0.25) is 0 Å². The molecule has 0 aliphatic carbocycles. The molecule has 2 rings (SSSR count). The van der Waals surface area contributed by atoms with Gasteiger partial charge in [0.25, 0.3) is 0 Å². The number of halogens is 1. The van der Waals surface area contributed by atoms with E-state index in [1.807, 2.05) is 41.2 Å². The highest BCUT2D eigenvalue weighted by Crippen LogP contribution is 2.15. The second-order valence-corrected chi connectivity index (χ2v) is 3.28. The third kappa shape index (κ3) is 3.02. The van der Waals surface area contributed by atoms with Gasteiger partial charge in [0.1, 0.15) is 6.61 Å². The Bertz CT molecular complexity index is 417. The summed E-state index contributed by atoms with van der Waals surface area (Å²) in [4.78, 5) is 3.98. The lowest BCUT2D eigenvalue weighted by atomic mass is 10.1.